The van der Waals surface area contributed by atoms with Gasteiger partial charge in [-0.3, -0.25) is 4.90 Å². The van der Waals surface area contributed by atoms with Crippen LogP contribution in [0.3, 0.4) is 0 Å². The Kier molecular flexibility index (Phi) is 6.22. The molecule has 3 nitrogen and oxygen atoms in total. The smallest absolute Gasteiger partial charge is 0.0593 e. The molecule has 1 fully saturated rings. The maximum Gasteiger partial charge on any atom is 0.0593 e. The van der Waals surface area contributed by atoms with Crippen LogP contribution in [0, 0.1) is 0 Å². The summed E-state index contributed by atoms with van der Waals surface area (Å²) in [7, 11) is 0. The molecule has 1 N–H and O–H groups in total. The van der Waals surface area contributed by atoms with Crippen molar-refractivity contribution in [3.05, 3.63) is 0 Å². The highest BCUT2D eigenvalue weighted by molar-refractivity contribution is 4.74. The zero-order chi connectivity index (χ0) is 11.1. The van der Waals surface area contributed by atoms with Gasteiger partial charge in [0, 0.05) is 31.8 Å². The van der Waals surface area contributed by atoms with Crippen LogP contribution in [0.1, 0.15) is 33.6 Å². The van der Waals surface area contributed by atoms with Gasteiger partial charge < -0.3 is 10.1 Å². The molecule has 2 atom stereocenters. The minimum absolute atomic E-state index is 0.620. The molecule has 1 aliphatic rings. The summed E-state index contributed by atoms with van der Waals surface area (Å²) in [6.07, 6.45) is 2.41. The molecule has 0 aromatic rings. The van der Waals surface area contributed by atoms with Crippen LogP contribution in [0.5, 0.6) is 0 Å². The number of rotatable bonds is 5. The van der Waals surface area contributed by atoms with Crippen LogP contribution in [0.2, 0.25) is 0 Å². The van der Waals surface area contributed by atoms with Crippen molar-refractivity contribution < 1.29 is 4.74 Å². The van der Waals surface area contributed by atoms with Crippen molar-refractivity contribution in [2.75, 3.05) is 32.8 Å². The second-order valence-electron chi connectivity index (χ2n) is 4.55. The van der Waals surface area contributed by atoms with Crippen LogP contribution in [0.25, 0.3) is 0 Å². The first-order valence-corrected chi connectivity index (χ1v) is 6.29. The Morgan fingerprint density at radius 3 is 2.80 bits per heavy atom. The topological polar surface area (TPSA) is 24.5 Å². The molecule has 0 spiro atoms. The van der Waals surface area contributed by atoms with Crippen LogP contribution in [-0.4, -0.2) is 49.8 Å². The maximum absolute atomic E-state index is 5.47. The minimum Gasteiger partial charge on any atom is -0.380 e. The van der Waals surface area contributed by atoms with Crippen molar-refractivity contribution in [3.8, 4) is 0 Å². The Hall–Kier alpha value is -0.120. The lowest BCUT2D eigenvalue weighted by Crippen LogP contribution is -2.40. The molecular formula is C12H26N2O. The molecule has 1 saturated heterocycles. The fraction of sp³-hybridized carbons (Fsp3) is 1.00. The quantitative estimate of drug-likeness (QED) is 0.750. The van der Waals surface area contributed by atoms with Crippen LogP contribution in [0.15, 0.2) is 0 Å². The highest BCUT2D eigenvalue weighted by Crippen LogP contribution is 2.09. The van der Waals surface area contributed by atoms with Crippen molar-refractivity contribution in [2.45, 2.75) is 45.7 Å². The van der Waals surface area contributed by atoms with Crippen LogP contribution in [0.4, 0.5) is 0 Å². The highest BCUT2D eigenvalue weighted by Gasteiger charge is 2.17. The average molecular weight is 214 g/mol. The largest absolute Gasteiger partial charge is 0.380 e. The minimum atomic E-state index is 0.620. The average Bonchev–Trinajstić information content (AvgIpc) is 2.45. The first-order valence-electron chi connectivity index (χ1n) is 6.29. The molecule has 0 amide bonds. The number of ether oxygens (including phenoxy) is 1. The van der Waals surface area contributed by atoms with Gasteiger partial charge in [0.15, 0.2) is 0 Å². The van der Waals surface area contributed by atoms with E-state index in [0.717, 1.165) is 26.3 Å². The van der Waals surface area contributed by atoms with E-state index >= 15 is 0 Å². The molecular weight excluding hydrogens is 188 g/mol. The van der Waals surface area contributed by atoms with E-state index in [-0.39, 0.29) is 0 Å². The summed E-state index contributed by atoms with van der Waals surface area (Å²) in [5.41, 5.74) is 0. The third-order valence-corrected chi connectivity index (χ3v) is 3.13. The molecule has 1 rings (SSSR count). The zero-order valence-corrected chi connectivity index (χ0v) is 10.5. The normalized spacial score (nSPS) is 23.4. The summed E-state index contributed by atoms with van der Waals surface area (Å²) >= 11 is 0. The SMILES string of the molecule is CCNC(C)CC(C)N1CCCOCC1. The predicted octanol–water partition coefficient (Wildman–Crippen LogP) is 1.49. The maximum atomic E-state index is 5.47. The van der Waals surface area contributed by atoms with Gasteiger partial charge in [0.05, 0.1) is 6.61 Å². The lowest BCUT2D eigenvalue weighted by molar-refractivity contribution is 0.130. The van der Waals surface area contributed by atoms with Gasteiger partial charge in [-0.25, -0.2) is 0 Å². The van der Waals surface area contributed by atoms with E-state index < -0.39 is 0 Å². The van der Waals surface area contributed by atoms with E-state index in [9.17, 15) is 0 Å². The number of nitrogens with zero attached hydrogens (tertiary/aromatic N) is 1. The van der Waals surface area contributed by atoms with Crippen molar-refractivity contribution in [2.24, 2.45) is 0 Å². The lowest BCUT2D eigenvalue weighted by Gasteiger charge is -2.29. The number of hydrogen-bond acceptors (Lipinski definition) is 3. The Balaban J connectivity index is 2.27. The molecule has 0 radical (unpaired) electrons. The standard InChI is InChI=1S/C12H26N2O/c1-4-13-11(2)10-12(3)14-6-5-8-15-9-7-14/h11-13H,4-10H2,1-3H3. The Morgan fingerprint density at radius 2 is 2.07 bits per heavy atom. The van der Waals surface area contributed by atoms with E-state index in [4.69, 9.17) is 4.74 Å². The van der Waals surface area contributed by atoms with Crippen LogP contribution in [-0.2, 0) is 4.74 Å². The van der Waals surface area contributed by atoms with Gasteiger partial charge in [-0.2, -0.15) is 0 Å². The Morgan fingerprint density at radius 1 is 1.27 bits per heavy atom. The van der Waals surface area contributed by atoms with Crippen molar-refractivity contribution in [1.82, 2.24) is 10.2 Å². The number of hydrogen-bond donors (Lipinski definition) is 1. The molecule has 3 heteroatoms. The fourth-order valence-electron chi connectivity index (χ4n) is 2.30. The van der Waals surface area contributed by atoms with E-state index in [1.54, 1.807) is 0 Å². The first kappa shape index (κ1) is 12.9. The summed E-state index contributed by atoms with van der Waals surface area (Å²) < 4.78 is 5.47. The summed E-state index contributed by atoms with van der Waals surface area (Å²) in [6, 6.07) is 1.29. The lowest BCUT2D eigenvalue weighted by atomic mass is 10.1. The van der Waals surface area contributed by atoms with Gasteiger partial charge in [0.1, 0.15) is 0 Å². The van der Waals surface area contributed by atoms with Crippen molar-refractivity contribution in [1.29, 1.82) is 0 Å². The Labute approximate surface area is 94.2 Å². The van der Waals surface area contributed by atoms with Crippen LogP contribution >= 0.6 is 0 Å². The molecule has 1 aliphatic heterocycles. The molecule has 1 heterocycles. The van der Waals surface area contributed by atoms with Gasteiger partial charge >= 0.3 is 0 Å². The molecule has 2 unspecified atom stereocenters. The third-order valence-electron chi connectivity index (χ3n) is 3.13. The van der Waals surface area contributed by atoms with Gasteiger partial charge in [-0.05, 0) is 33.2 Å². The number of nitrogens with one attached hydrogen (secondary N) is 1. The first-order chi connectivity index (χ1) is 7.24. The summed E-state index contributed by atoms with van der Waals surface area (Å²) in [4.78, 5) is 2.56. The van der Waals surface area contributed by atoms with Gasteiger partial charge in [0.2, 0.25) is 0 Å². The molecule has 0 bridgehead atoms. The third kappa shape index (κ3) is 4.96. The van der Waals surface area contributed by atoms with Crippen molar-refractivity contribution in [3.63, 3.8) is 0 Å². The Bertz CT molecular complexity index is 156. The molecule has 0 saturated carbocycles. The second-order valence-corrected chi connectivity index (χ2v) is 4.55. The summed E-state index contributed by atoms with van der Waals surface area (Å²) in [5, 5.41) is 3.47. The van der Waals surface area contributed by atoms with Gasteiger partial charge in [-0.1, -0.05) is 6.92 Å². The second kappa shape index (κ2) is 7.20. The molecule has 0 aromatic carbocycles. The molecule has 90 valence electrons. The summed E-state index contributed by atoms with van der Waals surface area (Å²) in [5.74, 6) is 0. The molecule has 0 aliphatic carbocycles. The fourth-order valence-corrected chi connectivity index (χ4v) is 2.30. The van der Waals surface area contributed by atoms with Crippen molar-refractivity contribution >= 4 is 0 Å². The molecule has 0 aromatic heterocycles. The highest BCUT2D eigenvalue weighted by atomic mass is 16.5. The zero-order valence-electron chi connectivity index (χ0n) is 10.5. The predicted molar refractivity (Wildman–Crippen MR) is 64.2 cm³/mol. The summed E-state index contributed by atoms with van der Waals surface area (Å²) in [6.45, 7) is 12.0. The van der Waals surface area contributed by atoms with Gasteiger partial charge in [-0.15, -0.1) is 0 Å². The van der Waals surface area contributed by atoms with Gasteiger partial charge in [0.25, 0.3) is 0 Å². The van der Waals surface area contributed by atoms with E-state index in [2.05, 4.69) is 31.0 Å². The monoisotopic (exact) mass is 214 g/mol. The van der Waals surface area contributed by atoms with E-state index in [1.807, 2.05) is 0 Å². The van der Waals surface area contributed by atoms with Crippen LogP contribution < -0.4 is 5.32 Å². The molecule has 15 heavy (non-hydrogen) atoms. The van der Waals surface area contributed by atoms with E-state index in [1.165, 1.54) is 19.4 Å². The van der Waals surface area contributed by atoms with E-state index in [0.29, 0.717) is 12.1 Å².